The highest BCUT2D eigenvalue weighted by Crippen LogP contribution is 2.16. The molecule has 0 radical (unpaired) electrons. The van der Waals surface area contributed by atoms with E-state index in [-0.39, 0.29) is 29.8 Å². The van der Waals surface area contributed by atoms with Crippen molar-refractivity contribution in [1.82, 2.24) is 25.1 Å². The largest absolute Gasteiger partial charge is 0.351 e. The number of aryl methyl sites for hydroxylation is 1. The third kappa shape index (κ3) is 4.79. The molecule has 8 nitrogen and oxygen atoms in total. The summed E-state index contributed by atoms with van der Waals surface area (Å²) in [6.45, 7) is 1.75. The van der Waals surface area contributed by atoms with Crippen molar-refractivity contribution in [3.05, 3.63) is 47.3 Å². The molecule has 0 fully saturated rings. The van der Waals surface area contributed by atoms with Gasteiger partial charge in [-0.1, -0.05) is 18.2 Å². The van der Waals surface area contributed by atoms with Crippen molar-refractivity contribution in [2.75, 3.05) is 6.54 Å². The predicted octanol–water partition coefficient (Wildman–Crippen LogP) is 0.0398. The van der Waals surface area contributed by atoms with Gasteiger partial charge in [-0.25, -0.2) is 13.1 Å². The Balaban J connectivity index is 0.00000225. The van der Waals surface area contributed by atoms with E-state index < -0.39 is 10.0 Å². The Hall–Kier alpha value is -1.94. The van der Waals surface area contributed by atoms with Crippen molar-refractivity contribution in [2.45, 2.75) is 24.5 Å². The number of amides is 1. The molecule has 1 aromatic heterocycles. The Kier molecular flexibility index (Phi) is 6.17. The normalized spacial score (nSPS) is 13.2. The molecule has 2 aromatic rings. The van der Waals surface area contributed by atoms with Crippen molar-refractivity contribution in [1.29, 1.82) is 0 Å². The van der Waals surface area contributed by atoms with E-state index in [0.29, 0.717) is 6.54 Å². The number of hydrogen-bond donors (Lipinski definition) is 3. The van der Waals surface area contributed by atoms with Gasteiger partial charge in [0.15, 0.2) is 0 Å². The molecule has 3 rings (SSSR count). The summed E-state index contributed by atoms with van der Waals surface area (Å²) in [6, 6.07) is 6.06. The first-order valence-electron chi connectivity index (χ1n) is 7.50. The van der Waals surface area contributed by atoms with Gasteiger partial charge in [0.25, 0.3) is 0 Å². The van der Waals surface area contributed by atoms with Gasteiger partial charge in [-0.3, -0.25) is 9.48 Å². The molecule has 1 aliphatic rings. The van der Waals surface area contributed by atoms with Crippen molar-refractivity contribution in [2.24, 2.45) is 7.05 Å². The number of hydrogen-bond acceptors (Lipinski definition) is 5. The summed E-state index contributed by atoms with van der Waals surface area (Å²) in [5.74, 6) is -0.388. The highest BCUT2D eigenvalue weighted by atomic mass is 35.5. The number of aromatic nitrogens is 2. The van der Waals surface area contributed by atoms with Crippen molar-refractivity contribution >= 4 is 28.3 Å². The summed E-state index contributed by atoms with van der Waals surface area (Å²) in [5.41, 5.74) is 3.49. The molecule has 10 heteroatoms. The first kappa shape index (κ1) is 19.4. The van der Waals surface area contributed by atoms with Crippen LogP contribution < -0.4 is 15.4 Å². The van der Waals surface area contributed by atoms with Crippen LogP contribution in [-0.4, -0.2) is 30.7 Å². The van der Waals surface area contributed by atoms with Gasteiger partial charge in [0.05, 0.1) is 12.7 Å². The summed E-state index contributed by atoms with van der Waals surface area (Å²) < 4.78 is 27.7. The monoisotopic (exact) mass is 385 g/mol. The topological polar surface area (TPSA) is 105 Å². The van der Waals surface area contributed by atoms with Crippen LogP contribution in [0.25, 0.3) is 0 Å². The van der Waals surface area contributed by atoms with Crippen LogP contribution in [0.2, 0.25) is 0 Å². The summed E-state index contributed by atoms with van der Waals surface area (Å²) in [7, 11) is -2.11. The number of halogens is 1. The third-order valence-electron chi connectivity index (χ3n) is 3.81. The molecule has 0 unspecified atom stereocenters. The lowest BCUT2D eigenvalue weighted by Crippen LogP contribution is -2.36. The molecule has 0 atom stereocenters. The lowest BCUT2D eigenvalue weighted by molar-refractivity contribution is -0.120. The van der Waals surface area contributed by atoms with Gasteiger partial charge in [0, 0.05) is 32.9 Å². The molecule has 0 bridgehead atoms. The molecule has 136 valence electrons. The van der Waals surface area contributed by atoms with Gasteiger partial charge in [0.2, 0.25) is 15.9 Å². The Labute approximate surface area is 152 Å². The zero-order chi connectivity index (χ0) is 17.2. The highest BCUT2D eigenvalue weighted by molar-refractivity contribution is 7.89. The van der Waals surface area contributed by atoms with Gasteiger partial charge in [-0.05, 0) is 16.7 Å². The van der Waals surface area contributed by atoms with Gasteiger partial charge >= 0.3 is 0 Å². The molecule has 1 amide bonds. The fourth-order valence-corrected chi connectivity index (χ4v) is 3.47. The molecular weight excluding hydrogens is 366 g/mol. The van der Waals surface area contributed by atoms with Crippen LogP contribution >= 0.6 is 12.4 Å². The molecular formula is C15H20ClN5O3S. The van der Waals surface area contributed by atoms with E-state index in [1.54, 1.807) is 7.05 Å². The summed E-state index contributed by atoms with van der Waals surface area (Å²) in [4.78, 5) is 11.9. The standard InChI is InChI=1S/C15H19N5O3S.ClH/c1-20-10-14(8-18-20)24(22,23)19-9-15(21)17-5-11-2-3-12-6-16-7-13(12)4-11;/h2-4,8,10,16,19H,5-7,9H2,1H3,(H,17,21);1H. The second kappa shape index (κ2) is 7.96. The Morgan fingerprint density at radius 1 is 1.32 bits per heavy atom. The van der Waals surface area contributed by atoms with Crippen molar-refractivity contribution in [3.8, 4) is 0 Å². The average Bonchev–Trinajstić information content (AvgIpc) is 3.19. The van der Waals surface area contributed by atoms with Crippen LogP contribution in [0.1, 0.15) is 16.7 Å². The Morgan fingerprint density at radius 3 is 2.80 bits per heavy atom. The molecule has 0 saturated carbocycles. The number of nitrogens with one attached hydrogen (secondary N) is 3. The minimum atomic E-state index is -3.73. The Morgan fingerprint density at radius 2 is 2.08 bits per heavy atom. The summed E-state index contributed by atoms with van der Waals surface area (Å²) in [6.07, 6.45) is 2.61. The smallest absolute Gasteiger partial charge is 0.244 e. The maximum absolute atomic E-state index is 12.0. The minimum Gasteiger partial charge on any atom is -0.351 e. The molecule has 3 N–H and O–H groups in total. The summed E-state index contributed by atoms with van der Waals surface area (Å²) in [5, 5.41) is 9.78. The van der Waals surface area contributed by atoms with Crippen LogP contribution in [0.3, 0.4) is 0 Å². The number of benzene rings is 1. The second-order valence-electron chi connectivity index (χ2n) is 5.66. The first-order chi connectivity index (χ1) is 11.4. The van der Waals surface area contributed by atoms with Gasteiger partial charge in [0.1, 0.15) is 4.90 Å². The number of rotatable bonds is 6. The molecule has 0 saturated heterocycles. The molecule has 0 aliphatic carbocycles. The fourth-order valence-electron chi connectivity index (χ4n) is 2.50. The Bertz CT molecular complexity index is 866. The van der Waals surface area contributed by atoms with Crippen LogP contribution in [-0.2, 0) is 41.5 Å². The van der Waals surface area contributed by atoms with Gasteiger partial charge in [-0.2, -0.15) is 5.10 Å². The van der Waals surface area contributed by atoms with E-state index in [4.69, 9.17) is 0 Å². The lowest BCUT2D eigenvalue weighted by atomic mass is 10.1. The van der Waals surface area contributed by atoms with Gasteiger partial charge < -0.3 is 10.6 Å². The number of carbonyl (C=O) groups is 1. The lowest BCUT2D eigenvalue weighted by Gasteiger charge is -2.08. The van der Waals surface area contributed by atoms with E-state index in [0.717, 1.165) is 18.7 Å². The van der Waals surface area contributed by atoms with E-state index in [9.17, 15) is 13.2 Å². The number of fused-ring (bicyclic) bond motifs is 1. The van der Waals surface area contributed by atoms with Crippen LogP contribution in [0, 0.1) is 0 Å². The maximum Gasteiger partial charge on any atom is 0.244 e. The van der Waals surface area contributed by atoms with E-state index in [1.807, 2.05) is 12.1 Å². The minimum absolute atomic E-state index is 0. The third-order valence-corrected chi connectivity index (χ3v) is 5.16. The van der Waals surface area contributed by atoms with Gasteiger partial charge in [-0.15, -0.1) is 12.4 Å². The van der Waals surface area contributed by atoms with Crippen LogP contribution in [0.5, 0.6) is 0 Å². The van der Waals surface area contributed by atoms with Crippen LogP contribution in [0.15, 0.2) is 35.5 Å². The molecule has 2 heterocycles. The van der Waals surface area contributed by atoms with Crippen molar-refractivity contribution < 1.29 is 13.2 Å². The maximum atomic E-state index is 12.0. The van der Waals surface area contributed by atoms with E-state index in [1.165, 1.54) is 28.2 Å². The zero-order valence-corrected chi connectivity index (χ0v) is 15.3. The van der Waals surface area contributed by atoms with E-state index in [2.05, 4.69) is 26.5 Å². The molecule has 0 spiro atoms. The number of carbonyl (C=O) groups excluding carboxylic acids is 1. The molecule has 1 aromatic carbocycles. The predicted molar refractivity (Wildman–Crippen MR) is 94.5 cm³/mol. The highest BCUT2D eigenvalue weighted by Gasteiger charge is 2.17. The number of nitrogens with zero attached hydrogens (tertiary/aromatic N) is 2. The second-order valence-corrected chi connectivity index (χ2v) is 7.42. The molecule has 25 heavy (non-hydrogen) atoms. The quantitative estimate of drug-likeness (QED) is 0.651. The molecule has 1 aliphatic heterocycles. The van der Waals surface area contributed by atoms with Crippen LogP contribution in [0.4, 0.5) is 0 Å². The van der Waals surface area contributed by atoms with Crippen molar-refractivity contribution in [3.63, 3.8) is 0 Å². The van der Waals surface area contributed by atoms with E-state index >= 15 is 0 Å². The number of sulfonamides is 1. The first-order valence-corrected chi connectivity index (χ1v) is 8.99. The fraction of sp³-hybridized carbons (Fsp3) is 0.333. The average molecular weight is 386 g/mol. The summed E-state index contributed by atoms with van der Waals surface area (Å²) >= 11 is 0. The SMILES string of the molecule is Cl.Cn1cc(S(=O)(=O)NCC(=O)NCc2ccc3c(c2)CNC3)cn1. The zero-order valence-electron chi connectivity index (χ0n) is 13.7.